The minimum Gasteiger partial charge on any atom is -0.444 e. The molecule has 0 unspecified atom stereocenters. The molecule has 1 heterocycles. The van der Waals surface area contributed by atoms with E-state index in [4.69, 9.17) is 4.74 Å². The van der Waals surface area contributed by atoms with Crippen LogP contribution in [-0.2, 0) is 17.8 Å². The van der Waals surface area contributed by atoms with Gasteiger partial charge in [0.25, 0.3) is 5.56 Å². The summed E-state index contributed by atoms with van der Waals surface area (Å²) in [7, 11) is 1.64. The van der Waals surface area contributed by atoms with Crippen LogP contribution in [0, 0.1) is 0 Å². The number of hydrogen-bond acceptors (Lipinski definition) is 4. The molecule has 0 radical (unpaired) electrons. The molecule has 7 heteroatoms. The first-order valence-electron chi connectivity index (χ1n) is 7.99. The van der Waals surface area contributed by atoms with Crippen LogP contribution >= 0.6 is 15.9 Å². The number of amides is 1. The van der Waals surface area contributed by atoms with E-state index in [1.54, 1.807) is 27.8 Å². The molecular weight excluding hydrogens is 388 g/mol. The lowest BCUT2D eigenvalue weighted by atomic mass is 10.1. The maximum absolute atomic E-state index is 12.4. The average molecular weight is 411 g/mol. The molecule has 1 aromatic heterocycles. The zero-order valence-electron chi connectivity index (χ0n) is 14.9. The predicted molar refractivity (Wildman–Crippen MR) is 101 cm³/mol. The molecule has 1 amide bonds. The molecule has 1 N–H and O–H groups in total. The van der Waals surface area contributed by atoms with Crippen LogP contribution in [-0.4, -0.2) is 39.9 Å². The molecule has 2 aromatic rings. The molecule has 0 aliphatic rings. The number of halogens is 1. The van der Waals surface area contributed by atoms with Crippen molar-refractivity contribution in [3.8, 4) is 0 Å². The monoisotopic (exact) mass is 410 g/mol. The van der Waals surface area contributed by atoms with E-state index in [9.17, 15) is 14.7 Å². The number of pyridine rings is 1. The van der Waals surface area contributed by atoms with Crippen LogP contribution in [0.4, 0.5) is 4.79 Å². The maximum Gasteiger partial charge on any atom is 0.410 e. The van der Waals surface area contributed by atoms with Crippen molar-refractivity contribution >= 4 is 32.9 Å². The standard InChI is InChI=1S/C18H23BrN2O4/c1-18(2,3)25-17(24)20(4)11-12-9-16(23)21(7-8-22)15-6-5-13(19)10-14(12)15/h5-6,9-10,22H,7-8,11H2,1-4H3. The molecule has 0 saturated carbocycles. The van der Waals surface area contributed by atoms with Gasteiger partial charge in [0, 0.05) is 36.1 Å². The van der Waals surface area contributed by atoms with Gasteiger partial charge in [-0.15, -0.1) is 0 Å². The first-order chi connectivity index (χ1) is 11.6. The Labute approximate surface area is 155 Å². The minimum absolute atomic E-state index is 0.123. The van der Waals surface area contributed by atoms with Gasteiger partial charge in [0.05, 0.1) is 12.1 Å². The summed E-state index contributed by atoms with van der Waals surface area (Å²) in [6, 6.07) is 7.08. The Bertz CT molecular complexity index is 839. The van der Waals surface area contributed by atoms with Crippen LogP contribution in [0.3, 0.4) is 0 Å². The Morgan fingerprint density at radius 3 is 2.60 bits per heavy atom. The van der Waals surface area contributed by atoms with E-state index in [0.29, 0.717) is 0 Å². The second-order valence-corrected chi connectivity index (χ2v) is 7.80. The highest BCUT2D eigenvalue weighted by molar-refractivity contribution is 9.10. The zero-order chi connectivity index (χ0) is 18.8. The fraction of sp³-hybridized carbons (Fsp3) is 0.444. The number of carbonyl (C=O) groups excluding carboxylic acids is 1. The van der Waals surface area contributed by atoms with E-state index < -0.39 is 11.7 Å². The summed E-state index contributed by atoms with van der Waals surface area (Å²) in [5.41, 5.74) is 0.652. The molecular formula is C18H23BrN2O4. The predicted octanol–water partition coefficient (Wildman–Crippen LogP) is 3.12. The molecule has 0 fully saturated rings. The molecule has 0 spiro atoms. The van der Waals surface area contributed by atoms with Gasteiger partial charge in [0.15, 0.2) is 0 Å². The molecule has 0 bridgehead atoms. The van der Waals surface area contributed by atoms with Crippen molar-refractivity contribution < 1.29 is 14.6 Å². The average Bonchev–Trinajstić information content (AvgIpc) is 2.49. The fourth-order valence-corrected chi connectivity index (χ4v) is 2.91. The topological polar surface area (TPSA) is 71.8 Å². The second-order valence-electron chi connectivity index (χ2n) is 6.88. The number of carbonyl (C=O) groups is 1. The summed E-state index contributed by atoms with van der Waals surface area (Å²) >= 11 is 3.44. The highest BCUT2D eigenvalue weighted by Crippen LogP contribution is 2.23. The molecule has 0 atom stereocenters. The molecule has 136 valence electrons. The van der Waals surface area contributed by atoms with Gasteiger partial charge in [-0.3, -0.25) is 4.79 Å². The van der Waals surface area contributed by atoms with Crippen molar-refractivity contribution in [2.45, 2.75) is 39.5 Å². The highest BCUT2D eigenvalue weighted by Gasteiger charge is 2.20. The minimum atomic E-state index is -0.582. The first-order valence-corrected chi connectivity index (χ1v) is 8.78. The van der Waals surface area contributed by atoms with Gasteiger partial charge in [-0.1, -0.05) is 15.9 Å². The molecule has 25 heavy (non-hydrogen) atoms. The number of rotatable bonds is 4. The van der Waals surface area contributed by atoms with Gasteiger partial charge in [-0.05, 0) is 44.5 Å². The van der Waals surface area contributed by atoms with Crippen molar-refractivity contribution in [3.63, 3.8) is 0 Å². The summed E-state index contributed by atoms with van der Waals surface area (Å²) in [6.45, 7) is 5.77. The number of fused-ring (bicyclic) bond motifs is 1. The summed E-state index contributed by atoms with van der Waals surface area (Å²) in [5, 5.41) is 10.1. The Balaban J connectivity index is 2.44. The fourth-order valence-electron chi connectivity index (χ4n) is 2.55. The van der Waals surface area contributed by atoms with Crippen molar-refractivity contribution in [1.29, 1.82) is 0 Å². The molecule has 6 nitrogen and oxygen atoms in total. The summed E-state index contributed by atoms with van der Waals surface area (Å²) < 4.78 is 7.76. The van der Waals surface area contributed by atoms with Crippen LogP contribution in [0.1, 0.15) is 26.3 Å². The quantitative estimate of drug-likeness (QED) is 0.839. The highest BCUT2D eigenvalue weighted by atomic mass is 79.9. The Kier molecular flexibility index (Phi) is 5.90. The largest absolute Gasteiger partial charge is 0.444 e. The van der Waals surface area contributed by atoms with Gasteiger partial charge >= 0.3 is 6.09 Å². The van der Waals surface area contributed by atoms with Crippen LogP contribution in [0.5, 0.6) is 0 Å². The molecule has 0 saturated heterocycles. The Morgan fingerprint density at radius 1 is 1.32 bits per heavy atom. The van der Waals surface area contributed by atoms with Gasteiger partial charge in [-0.2, -0.15) is 0 Å². The number of ether oxygens (including phenoxy) is 1. The van der Waals surface area contributed by atoms with E-state index in [1.165, 1.54) is 15.5 Å². The van der Waals surface area contributed by atoms with E-state index in [-0.39, 0.29) is 25.3 Å². The van der Waals surface area contributed by atoms with Crippen molar-refractivity contribution in [3.05, 3.63) is 44.7 Å². The molecule has 2 rings (SSSR count). The van der Waals surface area contributed by atoms with Gasteiger partial charge < -0.3 is 19.3 Å². The summed E-state index contributed by atoms with van der Waals surface area (Å²) in [4.78, 5) is 26.1. The number of benzene rings is 1. The second kappa shape index (κ2) is 7.58. The molecule has 1 aromatic carbocycles. The number of aliphatic hydroxyl groups is 1. The molecule has 0 aliphatic carbocycles. The number of hydrogen-bond donors (Lipinski definition) is 1. The number of aromatic nitrogens is 1. The Hall–Kier alpha value is -1.86. The first kappa shape index (κ1) is 19.5. The maximum atomic E-state index is 12.4. The SMILES string of the molecule is CN(Cc1cc(=O)n(CCO)c2ccc(Br)cc12)C(=O)OC(C)(C)C. The van der Waals surface area contributed by atoms with E-state index in [0.717, 1.165) is 20.9 Å². The smallest absolute Gasteiger partial charge is 0.410 e. The van der Waals surface area contributed by atoms with Crippen LogP contribution in [0.2, 0.25) is 0 Å². The van der Waals surface area contributed by atoms with Crippen molar-refractivity contribution in [2.24, 2.45) is 0 Å². The van der Waals surface area contributed by atoms with Gasteiger partial charge in [-0.25, -0.2) is 4.79 Å². The van der Waals surface area contributed by atoms with Crippen molar-refractivity contribution in [2.75, 3.05) is 13.7 Å². The van der Waals surface area contributed by atoms with Gasteiger partial charge in [0.1, 0.15) is 5.60 Å². The summed E-state index contributed by atoms with van der Waals surface area (Å²) in [6.07, 6.45) is -0.449. The summed E-state index contributed by atoms with van der Waals surface area (Å²) in [5.74, 6) is 0. The van der Waals surface area contributed by atoms with E-state index in [1.807, 2.05) is 18.2 Å². The number of nitrogens with zero attached hydrogens (tertiary/aromatic N) is 2. The third kappa shape index (κ3) is 4.83. The lowest BCUT2D eigenvalue weighted by Gasteiger charge is -2.25. The normalized spacial score (nSPS) is 11.6. The zero-order valence-corrected chi connectivity index (χ0v) is 16.5. The van der Waals surface area contributed by atoms with E-state index >= 15 is 0 Å². The van der Waals surface area contributed by atoms with E-state index in [2.05, 4.69) is 15.9 Å². The lowest BCUT2D eigenvalue weighted by Crippen LogP contribution is -2.34. The van der Waals surface area contributed by atoms with Gasteiger partial charge in [0.2, 0.25) is 0 Å². The lowest BCUT2D eigenvalue weighted by molar-refractivity contribution is 0.0285. The number of aliphatic hydroxyl groups excluding tert-OH is 1. The Morgan fingerprint density at radius 2 is 2.00 bits per heavy atom. The van der Waals surface area contributed by atoms with Crippen LogP contribution in [0.25, 0.3) is 10.9 Å². The molecule has 0 aliphatic heterocycles. The third-order valence-corrected chi connectivity index (χ3v) is 4.09. The van der Waals surface area contributed by atoms with Crippen molar-refractivity contribution in [1.82, 2.24) is 9.47 Å². The third-order valence-electron chi connectivity index (χ3n) is 3.60. The van der Waals surface area contributed by atoms with Crippen LogP contribution < -0.4 is 5.56 Å². The van der Waals surface area contributed by atoms with Crippen LogP contribution in [0.15, 0.2) is 33.5 Å².